The molecule has 4 rings (SSSR count). The summed E-state index contributed by atoms with van der Waals surface area (Å²) in [5.74, 6) is 1.58. The van der Waals surface area contributed by atoms with Crippen molar-refractivity contribution in [1.82, 2.24) is 0 Å². The van der Waals surface area contributed by atoms with Gasteiger partial charge in [0.25, 0.3) is 5.91 Å². The van der Waals surface area contributed by atoms with Crippen molar-refractivity contribution in [3.8, 4) is 11.5 Å². The highest BCUT2D eigenvalue weighted by Gasteiger charge is 2.25. The topological polar surface area (TPSA) is 69.1 Å². The number of amides is 1. The maximum Gasteiger partial charge on any atom is 0.279 e. The first-order chi connectivity index (χ1) is 13.6. The minimum atomic E-state index is -0.0477. The maximum atomic E-state index is 12.5. The average molecular weight is 381 g/mol. The third-order valence-electron chi connectivity index (χ3n) is 5.22. The standard InChI is InChI=1S/C22H24N2O4/c1-15(25)16-4-2-5-19(10-16)23-22(26)14-24-7-6-17-11-20-21(12-18(17)13-24)28-9-3-8-27-20/h2,4-5,10-12H,3,6-9,13-14H2,1H3,(H,23,26)/p+1. The fraction of sp³-hybridized carbons (Fsp3) is 0.364. The summed E-state index contributed by atoms with van der Waals surface area (Å²) in [5.41, 5.74) is 3.75. The van der Waals surface area contributed by atoms with Crippen molar-refractivity contribution in [2.75, 3.05) is 31.6 Å². The highest BCUT2D eigenvalue weighted by atomic mass is 16.5. The number of carbonyl (C=O) groups excluding carboxylic acids is 2. The highest BCUT2D eigenvalue weighted by molar-refractivity contribution is 5.97. The van der Waals surface area contributed by atoms with Crippen LogP contribution in [0.2, 0.25) is 0 Å². The minimum absolute atomic E-state index is 0.0142. The van der Waals surface area contributed by atoms with Crippen LogP contribution in [-0.2, 0) is 17.8 Å². The highest BCUT2D eigenvalue weighted by Crippen LogP contribution is 2.33. The van der Waals surface area contributed by atoms with E-state index in [1.165, 1.54) is 23.0 Å². The monoisotopic (exact) mass is 381 g/mol. The Labute approximate surface area is 164 Å². The molecule has 2 aliphatic heterocycles. The van der Waals surface area contributed by atoms with E-state index in [0.717, 1.165) is 37.4 Å². The molecular formula is C22H25N2O4+. The molecule has 0 bridgehead atoms. The van der Waals surface area contributed by atoms with Crippen LogP contribution in [0.3, 0.4) is 0 Å². The summed E-state index contributed by atoms with van der Waals surface area (Å²) in [4.78, 5) is 25.2. The lowest BCUT2D eigenvalue weighted by Gasteiger charge is -2.26. The summed E-state index contributed by atoms with van der Waals surface area (Å²) in [6.07, 6.45) is 1.80. The van der Waals surface area contributed by atoms with Crippen LogP contribution in [0.4, 0.5) is 5.69 Å². The van der Waals surface area contributed by atoms with Crippen molar-refractivity contribution in [3.63, 3.8) is 0 Å². The van der Waals surface area contributed by atoms with Gasteiger partial charge >= 0.3 is 0 Å². The molecular weight excluding hydrogens is 356 g/mol. The maximum absolute atomic E-state index is 12.5. The molecule has 0 aliphatic carbocycles. The van der Waals surface area contributed by atoms with Crippen LogP contribution in [0.25, 0.3) is 0 Å². The first-order valence-corrected chi connectivity index (χ1v) is 9.74. The first-order valence-electron chi connectivity index (χ1n) is 9.74. The Morgan fingerprint density at radius 2 is 1.82 bits per heavy atom. The van der Waals surface area contributed by atoms with Crippen molar-refractivity contribution >= 4 is 17.4 Å². The number of ether oxygens (including phenoxy) is 2. The van der Waals surface area contributed by atoms with Gasteiger partial charge < -0.3 is 19.7 Å². The van der Waals surface area contributed by atoms with Gasteiger partial charge in [-0.05, 0) is 36.8 Å². The van der Waals surface area contributed by atoms with Crippen LogP contribution in [0.1, 0.15) is 34.8 Å². The van der Waals surface area contributed by atoms with Gasteiger partial charge in [-0.2, -0.15) is 0 Å². The minimum Gasteiger partial charge on any atom is -0.490 e. The average Bonchev–Trinajstić information content (AvgIpc) is 2.91. The first kappa shape index (κ1) is 18.5. The third kappa shape index (κ3) is 4.17. The van der Waals surface area contributed by atoms with E-state index < -0.39 is 0 Å². The molecule has 0 saturated heterocycles. The van der Waals surface area contributed by atoms with Gasteiger partial charge in [-0.25, -0.2) is 0 Å². The number of hydrogen-bond acceptors (Lipinski definition) is 4. The van der Waals surface area contributed by atoms with Crippen LogP contribution in [0.15, 0.2) is 36.4 Å². The fourth-order valence-electron chi connectivity index (χ4n) is 3.76. The second kappa shape index (κ2) is 8.02. The van der Waals surface area contributed by atoms with Crippen molar-refractivity contribution in [3.05, 3.63) is 53.1 Å². The predicted octanol–water partition coefficient (Wildman–Crippen LogP) is 1.63. The molecule has 146 valence electrons. The lowest BCUT2D eigenvalue weighted by atomic mass is 9.99. The zero-order valence-corrected chi connectivity index (χ0v) is 16.0. The number of nitrogens with one attached hydrogen (secondary N) is 2. The van der Waals surface area contributed by atoms with Gasteiger partial charge in [0.15, 0.2) is 23.8 Å². The molecule has 2 aliphatic rings. The van der Waals surface area contributed by atoms with Crippen LogP contribution < -0.4 is 19.7 Å². The Morgan fingerprint density at radius 1 is 1.07 bits per heavy atom. The molecule has 2 aromatic carbocycles. The third-order valence-corrected chi connectivity index (χ3v) is 5.22. The van der Waals surface area contributed by atoms with E-state index >= 15 is 0 Å². The van der Waals surface area contributed by atoms with Crippen LogP contribution in [0.5, 0.6) is 11.5 Å². The molecule has 1 atom stereocenters. The second-order valence-corrected chi connectivity index (χ2v) is 7.41. The van der Waals surface area contributed by atoms with E-state index in [9.17, 15) is 9.59 Å². The van der Waals surface area contributed by atoms with Gasteiger partial charge in [0, 0.05) is 29.7 Å². The molecule has 6 heteroatoms. The van der Waals surface area contributed by atoms with Crippen LogP contribution >= 0.6 is 0 Å². The van der Waals surface area contributed by atoms with Crippen molar-refractivity contribution in [2.45, 2.75) is 26.3 Å². The van der Waals surface area contributed by atoms with E-state index in [1.54, 1.807) is 24.3 Å². The largest absolute Gasteiger partial charge is 0.490 e. The zero-order valence-electron chi connectivity index (χ0n) is 16.0. The van der Waals surface area contributed by atoms with Crippen molar-refractivity contribution < 1.29 is 24.0 Å². The number of hydrogen-bond donors (Lipinski definition) is 2. The molecule has 6 nitrogen and oxygen atoms in total. The van der Waals surface area contributed by atoms with Gasteiger partial charge in [-0.3, -0.25) is 9.59 Å². The Bertz CT molecular complexity index is 909. The van der Waals surface area contributed by atoms with Crippen LogP contribution in [0, 0.1) is 0 Å². The molecule has 0 radical (unpaired) electrons. The number of ketones is 1. The van der Waals surface area contributed by atoms with E-state index in [-0.39, 0.29) is 11.7 Å². The van der Waals surface area contributed by atoms with Crippen LogP contribution in [-0.4, -0.2) is 38.0 Å². The predicted molar refractivity (Wildman–Crippen MR) is 105 cm³/mol. The summed E-state index contributed by atoms with van der Waals surface area (Å²) < 4.78 is 11.6. The summed E-state index contributed by atoms with van der Waals surface area (Å²) in [6.45, 7) is 4.95. The number of benzene rings is 2. The van der Waals surface area contributed by atoms with Gasteiger partial charge in [0.2, 0.25) is 0 Å². The summed E-state index contributed by atoms with van der Waals surface area (Å²) >= 11 is 0. The molecule has 1 unspecified atom stereocenters. The number of carbonyl (C=O) groups is 2. The number of Topliss-reactive ketones (excluding diaryl/α,β-unsaturated/α-hetero) is 1. The van der Waals surface area contributed by atoms with E-state index in [2.05, 4.69) is 17.4 Å². The molecule has 2 aromatic rings. The molecule has 1 amide bonds. The van der Waals surface area contributed by atoms with E-state index in [4.69, 9.17) is 9.47 Å². The fourth-order valence-corrected chi connectivity index (χ4v) is 3.76. The molecule has 2 heterocycles. The quantitative estimate of drug-likeness (QED) is 0.790. The Kier molecular flexibility index (Phi) is 5.30. The Morgan fingerprint density at radius 3 is 2.57 bits per heavy atom. The number of rotatable bonds is 4. The molecule has 0 saturated carbocycles. The summed E-state index contributed by atoms with van der Waals surface area (Å²) in [5, 5.41) is 2.91. The zero-order chi connectivity index (χ0) is 19.5. The Balaban J connectivity index is 1.40. The smallest absolute Gasteiger partial charge is 0.279 e. The van der Waals surface area contributed by atoms with Crippen molar-refractivity contribution in [2.24, 2.45) is 0 Å². The lowest BCUT2D eigenvalue weighted by molar-refractivity contribution is -0.907. The lowest BCUT2D eigenvalue weighted by Crippen LogP contribution is -3.12. The summed E-state index contributed by atoms with van der Waals surface area (Å²) in [7, 11) is 0. The molecule has 2 N–H and O–H groups in total. The van der Waals surface area contributed by atoms with Gasteiger partial charge in [-0.15, -0.1) is 0 Å². The molecule has 28 heavy (non-hydrogen) atoms. The second-order valence-electron chi connectivity index (χ2n) is 7.41. The Hall–Kier alpha value is -2.86. The SMILES string of the molecule is CC(=O)c1cccc(NC(=O)C[NH+]2CCc3cc4c(cc3C2)OCCCO4)c1. The number of quaternary nitrogens is 1. The van der Waals surface area contributed by atoms with Crippen molar-refractivity contribution in [1.29, 1.82) is 0 Å². The molecule has 0 aromatic heterocycles. The van der Waals surface area contributed by atoms with E-state index in [1.807, 2.05) is 0 Å². The van der Waals surface area contributed by atoms with E-state index in [0.29, 0.717) is 31.0 Å². The molecule has 0 fully saturated rings. The number of fused-ring (bicyclic) bond motifs is 2. The van der Waals surface area contributed by atoms with Gasteiger partial charge in [0.05, 0.1) is 19.8 Å². The van der Waals surface area contributed by atoms with Gasteiger partial charge in [0.1, 0.15) is 6.54 Å². The molecule has 0 spiro atoms. The number of anilines is 1. The van der Waals surface area contributed by atoms with Gasteiger partial charge in [-0.1, -0.05) is 12.1 Å². The normalized spacial score (nSPS) is 18.0. The summed E-state index contributed by atoms with van der Waals surface area (Å²) in [6, 6.07) is 11.2.